The monoisotopic (exact) mass is 595 g/mol. The predicted molar refractivity (Wildman–Crippen MR) is 181 cm³/mol. The molecule has 0 fully saturated rings. The fourth-order valence-electron chi connectivity index (χ4n) is 6.39. The van der Waals surface area contributed by atoms with E-state index < -0.39 is 0 Å². The molecule has 0 aromatic carbocycles. The van der Waals surface area contributed by atoms with E-state index in [2.05, 4.69) is 13.8 Å². The molecule has 0 saturated heterocycles. The summed E-state index contributed by atoms with van der Waals surface area (Å²) in [5.74, 6) is -1.24. The second-order valence-electron chi connectivity index (χ2n) is 13.0. The molecule has 0 spiro atoms. The number of ether oxygens (including phenoxy) is 2. The summed E-state index contributed by atoms with van der Waals surface area (Å²) in [5.41, 5.74) is 0. The third-order valence-corrected chi connectivity index (χ3v) is 9.23. The summed E-state index contributed by atoms with van der Waals surface area (Å²) in [4.78, 5) is 25.3. The quantitative estimate of drug-likeness (QED) is 0.0560. The second kappa shape index (κ2) is 32.8. The van der Waals surface area contributed by atoms with E-state index in [1.54, 1.807) is 0 Å². The van der Waals surface area contributed by atoms with E-state index in [0.29, 0.717) is 0 Å². The van der Waals surface area contributed by atoms with Gasteiger partial charge in [0.25, 0.3) is 0 Å². The van der Waals surface area contributed by atoms with Gasteiger partial charge in [0.2, 0.25) is 0 Å². The first kappa shape index (κ1) is 40.9. The van der Waals surface area contributed by atoms with Crippen molar-refractivity contribution in [1.82, 2.24) is 0 Å². The molecular formula is C38H74O4. The molecular weight excluding hydrogens is 520 g/mol. The van der Waals surface area contributed by atoms with Gasteiger partial charge in [-0.2, -0.15) is 0 Å². The molecule has 42 heavy (non-hydrogen) atoms. The van der Waals surface area contributed by atoms with Crippen LogP contribution in [0.15, 0.2) is 0 Å². The number of unbranched alkanes of at least 4 members (excludes halogenated alkanes) is 26. The molecule has 4 heteroatoms. The summed E-state index contributed by atoms with van der Waals surface area (Å²) >= 11 is 0. The molecule has 0 bridgehead atoms. The van der Waals surface area contributed by atoms with E-state index in [-0.39, 0.29) is 23.8 Å². The number of carbonyl (C=O) groups excluding carboxylic acids is 2. The number of esters is 2. The Morgan fingerprint density at radius 1 is 0.357 bits per heavy atom. The summed E-state index contributed by atoms with van der Waals surface area (Å²) < 4.78 is 10.3. The fourth-order valence-corrected chi connectivity index (χ4v) is 6.39. The largest absolute Gasteiger partial charge is 0.469 e. The van der Waals surface area contributed by atoms with Gasteiger partial charge in [-0.25, -0.2) is 0 Å². The highest BCUT2D eigenvalue weighted by atomic mass is 16.5. The van der Waals surface area contributed by atoms with Crippen molar-refractivity contribution in [3.63, 3.8) is 0 Å². The Morgan fingerprint density at radius 3 is 0.738 bits per heavy atom. The number of methoxy groups -OCH3 is 2. The van der Waals surface area contributed by atoms with Gasteiger partial charge in [0.05, 0.1) is 26.1 Å². The molecule has 0 N–H and O–H groups in total. The van der Waals surface area contributed by atoms with Gasteiger partial charge < -0.3 is 9.47 Å². The Morgan fingerprint density at radius 2 is 0.548 bits per heavy atom. The minimum absolute atomic E-state index is 0.245. The van der Waals surface area contributed by atoms with Gasteiger partial charge in [-0.3, -0.25) is 9.59 Å². The first-order chi connectivity index (χ1) is 20.6. The number of carbonyl (C=O) groups is 2. The van der Waals surface area contributed by atoms with E-state index in [1.807, 2.05) is 0 Å². The summed E-state index contributed by atoms with van der Waals surface area (Å²) in [5, 5.41) is 0. The molecule has 250 valence electrons. The highest BCUT2D eigenvalue weighted by Crippen LogP contribution is 2.28. The van der Waals surface area contributed by atoms with Gasteiger partial charge in [0.1, 0.15) is 0 Å². The maximum absolute atomic E-state index is 12.7. The van der Waals surface area contributed by atoms with Crippen LogP contribution in [-0.4, -0.2) is 26.2 Å². The van der Waals surface area contributed by atoms with Gasteiger partial charge >= 0.3 is 11.9 Å². The van der Waals surface area contributed by atoms with Crippen LogP contribution >= 0.6 is 0 Å². The second-order valence-corrected chi connectivity index (χ2v) is 13.0. The maximum Gasteiger partial charge on any atom is 0.309 e. The SMILES string of the molecule is CCCCCCCCCCCCCCCCC(C(=O)OC)C(CCCCCCCCCCCCCCCC)C(=O)OC. The number of hydrogen-bond donors (Lipinski definition) is 0. The van der Waals surface area contributed by atoms with E-state index in [4.69, 9.17) is 9.47 Å². The van der Waals surface area contributed by atoms with E-state index in [0.717, 1.165) is 38.5 Å². The van der Waals surface area contributed by atoms with E-state index in [1.165, 1.54) is 168 Å². The molecule has 0 aromatic heterocycles. The lowest BCUT2D eigenvalue weighted by Crippen LogP contribution is -2.32. The Bertz CT molecular complexity index is 525. The van der Waals surface area contributed by atoms with Crippen molar-refractivity contribution in [3.8, 4) is 0 Å². The highest BCUT2D eigenvalue weighted by Gasteiger charge is 2.34. The average Bonchev–Trinajstić information content (AvgIpc) is 3.01. The predicted octanol–water partition coefficient (Wildman–Crippen LogP) is 12.3. The average molecular weight is 595 g/mol. The van der Waals surface area contributed by atoms with Crippen molar-refractivity contribution in [1.29, 1.82) is 0 Å². The molecule has 0 radical (unpaired) electrons. The Balaban J connectivity index is 4.05. The smallest absolute Gasteiger partial charge is 0.309 e. The van der Waals surface area contributed by atoms with Gasteiger partial charge in [0.15, 0.2) is 0 Å². The molecule has 0 amide bonds. The first-order valence-electron chi connectivity index (χ1n) is 18.8. The third-order valence-electron chi connectivity index (χ3n) is 9.23. The van der Waals surface area contributed by atoms with Crippen molar-refractivity contribution < 1.29 is 19.1 Å². The van der Waals surface area contributed by atoms with Crippen molar-refractivity contribution >= 4 is 11.9 Å². The van der Waals surface area contributed by atoms with Crippen molar-refractivity contribution in [2.24, 2.45) is 11.8 Å². The number of rotatable bonds is 33. The minimum atomic E-state index is -0.373. The van der Waals surface area contributed by atoms with Crippen molar-refractivity contribution in [2.45, 2.75) is 206 Å². The molecule has 4 nitrogen and oxygen atoms in total. The Kier molecular flexibility index (Phi) is 32.0. The van der Waals surface area contributed by atoms with Crippen LogP contribution in [0.1, 0.15) is 206 Å². The van der Waals surface area contributed by atoms with Crippen molar-refractivity contribution in [3.05, 3.63) is 0 Å². The molecule has 0 rings (SSSR count). The van der Waals surface area contributed by atoms with Gasteiger partial charge in [-0.1, -0.05) is 194 Å². The van der Waals surface area contributed by atoms with Gasteiger partial charge in [0, 0.05) is 0 Å². The van der Waals surface area contributed by atoms with Crippen LogP contribution in [0.4, 0.5) is 0 Å². The molecule has 0 aliphatic carbocycles. The zero-order valence-corrected chi connectivity index (χ0v) is 29.0. The standard InChI is InChI=1S/C38H74O4/c1-5-7-9-11-13-15-17-19-21-23-25-27-29-31-33-35(37(39)41-3)36(38(40)42-4)34-32-30-28-26-24-22-20-18-16-14-12-10-8-6-2/h35-36H,5-34H2,1-4H3. The van der Waals surface area contributed by atoms with Crippen LogP contribution in [0.3, 0.4) is 0 Å². The summed E-state index contributed by atoms with van der Waals surface area (Å²) in [6.07, 6.45) is 38.2. The zero-order valence-electron chi connectivity index (χ0n) is 29.0. The molecule has 2 atom stereocenters. The number of hydrogen-bond acceptors (Lipinski definition) is 4. The Hall–Kier alpha value is -1.06. The third kappa shape index (κ3) is 25.4. The lowest BCUT2D eigenvalue weighted by Gasteiger charge is -2.23. The fraction of sp³-hybridized carbons (Fsp3) is 0.947. The lowest BCUT2D eigenvalue weighted by molar-refractivity contribution is -0.158. The normalized spacial score (nSPS) is 12.8. The van der Waals surface area contributed by atoms with Crippen LogP contribution in [-0.2, 0) is 19.1 Å². The van der Waals surface area contributed by atoms with Crippen molar-refractivity contribution in [2.75, 3.05) is 14.2 Å². The summed E-state index contributed by atoms with van der Waals surface area (Å²) in [6, 6.07) is 0. The Labute approximate surface area is 263 Å². The van der Waals surface area contributed by atoms with Crippen LogP contribution < -0.4 is 0 Å². The molecule has 0 aromatic rings. The molecule has 0 aliphatic heterocycles. The highest BCUT2D eigenvalue weighted by molar-refractivity contribution is 5.81. The molecule has 0 aliphatic rings. The topological polar surface area (TPSA) is 52.6 Å². The molecule has 2 unspecified atom stereocenters. The molecule has 0 saturated carbocycles. The van der Waals surface area contributed by atoms with Crippen LogP contribution in [0, 0.1) is 11.8 Å². The summed E-state index contributed by atoms with van der Waals surface area (Å²) in [7, 11) is 2.89. The van der Waals surface area contributed by atoms with Crippen LogP contribution in [0.2, 0.25) is 0 Å². The van der Waals surface area contributed by atoms with Gasteiger partial charge in [-0.15, -0.1) is 0 Å². The zero-order chi connectivity index (χ0) is 30.9. The molecule has 0 heterocycles. The minimum Gasteiger partial charge on any atom is -0.469 e. The van der Waals surface area contributed by atoms with E-state index >= 15 is 0 Å². The van der Waals surface area contributed by atoms with Crippen LogP contribution in [0.5, 0.6) is 0 Å². The maximum atomic E-state index is 12.7. The summed E-state index contributed by atoms with van der Waals surface area (Å²) in [6.45, 7) is 4.55. The lowest BCUT2D eigenvalue weighted by atomic mass is 9.83. The van der Waals surface area contributed by atoms with Crippen LogP contribution in [0.25, 0.3) is 0 Å². The van der Waals surface area contributed by atoms with E-state index in [9.17, 15) is 9.59 Å². The van der Waals surface area contributed by atoms with Gasteiger partial charge in [-0.05, 0) is 12.8 Å². The first-order valence-corrected chi connectivity index (χ1v) is 18.8.